The van der Waals surface area contributed by atoms with Gasteiger partial charge in [0.15, 0.2) is 5.76 Å². The van der Waals surface area contributed by atoms with Gasteiger partial charge in [0.1, 0.15) is 0 Å². The highest BCUT2D eigenvalue weighted by Crippen LogP contribution is 2.20. The van der Waals surface area contributed by atoms with Crippen LogP contribution >= 0.6 is 0 Å². The summed E-state index contributed by atoms with van der Waals surface area (Å²) in [5.74, 6) is 0.139. The van der Waals surface area contributed by atoms with Crippen molar-refractivity contribution in [3.8, 4) is 0 Å². The topological polar surface area (TPSA) is 83.3 Å². The average molecular weight is 371 g/mol. The summed E-state index contributed by atoms with van der Waals surface area (Å²) in [4.78, 5) is 14.1. The molecule has 3 heterocycles. The van der Waals surface area contributed by atoms with Gasteiger partial charge in [-0.25, -0.2) is 0 Å². The van der Waals surface area contributed by atoms with E-state index in [9.17, 15) is 13.2 Å². The van der Waals surface area contributed by atoms with Crippen molar-refractivity contribution in [1.82, 2.24) is 13.5 Å². The van der Waals surface area contributed by atoms with Gasteiger partial charge >= 0.3 is 0 Å². The van der Waals surface area contributed by atoms with Crippen LogP contribution in [0.1, 0.15) is 30.0 Å². The third kappa shape index (κ3) is 3.74. The molecule has 2 aliphatic rings. The lowest BCUT2D eigenvalue weighted by molar-refractivity contribution is -0.0457. The van der Waals surface area contributed by atoms with Crippen molar-refractivity contribution >= 4 is 16.1 Å². The summed E-state index contributed by atoms with van der Waals surface area (Å²) >= 11 is 0. The molecule has 0 N–H and O–H groups in total. The Hall–Kier alpha value is -1.42. The van der Waals surface area contributed by atoms with Crippen LogP contribution in [0.2, 0.25) is 0 Å². The summed E-state index contributed by atoms with van der Waals surface area (Å²) in [6.07, 6.45) is 1.25. The van der Waals surface area contributed by atoms with Crippen LogP contribution < -0.4 is 0 Å². The second-order valence-electron chi connectivity index (χ2n) is 6.71. The van der Waals surface area contributed by atoms with E-state index in [-0.39, 0.29) is 31.2 Å². The number of piperazine rings is 1. The summed E-state index contributed by atoms with van der Waals surface area (Å²) in [7, 11) is -3.54. The van der Waals surface area contributed by atoms with E-state index in [0.717, 1.165) is 5.56 Å². The molecule has 1 aromatic heterocycles. The van der Waals surface area contributed by atoms with Crippen LogP contribution in [0, 0.1) is 6.92 Å². The number of furan rings is 1. The molecule has 0 radical (unpaired) electrons. The van der Waals surface area contributed by atoms with Crippen molar-refractivity contribution in [2.75, 3.05) is 39.3 Å². The maximum atomic E-state index is 12.9. The fraction of sp³-hybridized carbons (Fsp3) is 0.688. The van der Waals surface area contributed by atoms with E-state index in [1.54, 1.807) is 11.0 Å². The zero-order valence-electron chi connectivity index (χ0n) is 14.8. The largest absolute Gasteiger partial charge is 0.459 e. The maximum absolute atomic E-state index is 12.9. The Morgan fingerprint density at radius 1 is 1.08 bits per heavy atom. The van der Waals surface area contributed by atoms with E-state index in [1.165, 1.54) is 14.9 Å². The highest BCUT2D eigenvalue weighted by atomic mass is 32.2. The Morgan fingerprint density at radius 2 is 1.68 bits per heavy atom. The Balaban J connectivity index is 1.63. The molecule has 2 aliphatic heterocycles. The molecule has 140 valence electrons. The molecule has 0 saturated carbocycles. The van der Waals surface area contributed by atoms with Crippen LogP contribution in [0.25, 0.3) is 0 Å². The second-order valence-corrected chi connectivity index (χ2v) is 8.63. The zero-order valence-corrected chi connectivity index (χ0v) is 15.7. The quantitative estimate of drug-likeness (QED) is 0.781. The van der Waals surface area contributed by atoms with Gasteiger partial charge in [-0.1, -0.05) is 0 Å². The number of ether oxygens (including phenoxy) is 1. The lowest BCUT2D eigenvalue weighted by atomic mass is 10.2. The maximum Gasteiger partial charge on any atom is 0.289 e. The SMILES string of the molecule is Cc1ccoc1C(=O)N1CCN(S(=O)(=O)N2C[C@@H](C)O[C@@H](C)C2)CC1. The fourth-order valence-corrected chi connectivity index (χ4v) is 5.09. The number of carbonyl (C=O) groups is 1. The second kappa shape index (κ2) is 7.06. The number of rotatable bonds is 3. The molecule has 0 spiro atoms. The molecule has 0 bridgehead atoms. The lowest BCUT2D eigenvalue weighted by Gasteiger charge is -2.40. The number of amides is 1. The zero-order chi connectivity index (χ0) is 18.2. The Kier molecular flexibility index (Phi) is 5.19. The van der Waals surface area contributed by atoms with Crippen LogP contribution in [0.5, 0.6) is 0 Å². The van der Waals surface area contributed by atoms with Crippen molar-refractivity contribution in [1.29, 1.82) is 0 Å². The van der Waals surface area contributed by atoms with Crippen molar-refractivity contribution in [3.63, 3.8) is 0 Å². The Bertz CT molecular complexity index is 714. The van der Waals surface area contributed by atoms with Crippen molar-refractivity contribution in [2.24, 2.45) is 0 Å². The van der Waals surface area contributed by atoms with E-state index in [4.69, 9.17) is 9.15 Å². The van der Waals surface area contributed by atoms with Gasteiger partial charge < -0.3 is 14.1 Å². The van der Waals surface area contributed by atoms with Gasteiger partial charge in [-0.15, -0.1) is 0 Å². The monoisotopic (exact) mass is 371 g/mol. The molecule has 1 aromatic rings. The van der Waals surface area contributed by atoms with Gasteiger partial charge in [0.25, 0.3) is 16.1 Å². The van der Waals surface area contributed by atoms with E-state index in [0.29, 0.717) is 31.9 Å². The molecule has 0 unspecified atom stereocenters. The highest BCUT2D eigenvalue weighted by molar-refractivity contribution is 7.86. The minimum Gasteiger partial charge on any atom is -0.459 e. The number of hydrogen-bond acceptors (Lipinski definition) is 5. The summed E-state index contributed by atoms with van der Waals surface area (Å²) in [5, 5.41) is 0. The van der Waals surface area contributed by atoms with Crippen LogP contribution in [0.4, 0.5) is 0 Å². The van der Waals surface area contributed by atoms with Gasteiger partial charge in [-0.3, -0.25) is 4.79 Å². The molecule has 9 heteroatoms. The van der Waals surface area contributed by atoms with Gasteiger partial charge in [0.05, 0.1) is 18.5 Å². The first-order valence-corrected chi connectivity index (χ1v) is 9.92. The van der Waals surface area contributed by atoms with Crippen LogP contribution in [0.15, 0.2) is 16.7 Å². The molecule has 2 saturated heterocycles. The summed E-state index contributed by atoms with van der Waals surface area (Å²) in [6, 6.07) is 1.74. The number of morpholine rings is 1. The first-order chi connectivity index (χ1) is 11.8. The third-order valence-electron chi connectivity index (χ3n) is 4.62. The van der Waals surface area contributed by atoms with Crippen molar-refractivity contribution < 1.29 is 22.4 Å². The lowest BCUT2D eigenvalue weighted by Crippen LogP contribution is -2.57. The molecule has 0 aliphatic carbocycles. The number of aryl methyl sites for hydroxylation is 1. The smallest absolute Gasteiger partial charge is 0.289 e. The first kappa shape index (κ1) is 18.4. The van der Waals surface area contributed by atoms with E-state index in [1.807, 2.05) is 20.8 Å². The minimum atomic E-state index is -3.54. The van der Waals surface area contributed by atoms with E-state index >= 15 is 0 Å². The molecule has 3 rings (SSSR count). The molecule has 25 heavy (non-hydrogen) atoms. The molecular formula is C16H25N3O5S. The molecule has 0 aromatic carbocycles. The summed E-state index contributed by atoms with van der Waals surface area (Å²) in [6.45, 7) is 7.57. The average Bonchev–Trinajstić information content (AvgIpc) is 2.99. The molecule has 2 atom stereocenters. The normalized spacial score (nSPS) is 26.8. The number of hydrogen-bond donors (Lipinski definition) is 0. The van der Waals surface area contributed by atoms with Gasteiger partial charge in [-0.05, 0) is 26.8 Å². The van der Waals surface area contributed by atoms with Crippen molar-refractivity contribution in [2.45, 2.75) is 33.0 Å². The number of carbonyl (C=O) groups excluding carboxylic acids is 1. The summed E-state index contributed by atoms with van der Waals surface area (Å²) < 4.78 is 39.5. The molecule has 1 amide bonds. The van der Waals surface area contributed by atoms with Gasteiger partial charge in [0.2, 0.25) is 0 Å². The summed E-state index contributed by atoms with van der Waals surface area (Å²) in [5.41, 5.74) is 0.788. The molecule has 2 fully saturated rings. The van der Waals surface area contributed by atoms with Crippen LogP contribution in [-0.2, 0) is 14.9 Å². The van der Waals surface area contributed by atoms with Crippen LogP contribution in [-0.4, -0.2) is 79.3 Å². The standard InChI is InChI=1S/C16H25N3O5S/c1-12-4-9-23-15(12)16(20)17-5-7-18(8-6-17)25(21,22)19-10-13(2)24-14(3)11-19/h4,9,13-14H,5-8,10-11H2,1-3H3/t13-,14+. The number of nitrogens with zero attached hydrogens (tertiary/aromatic N) is 3. The van der Waals surface area contributed by atoms with Crippen molar-refractivity contribution in [3.05, 3.63) is 23.7 Å². The molecule has 8 nitrogen and oxygen atoms in total. The van der Waals surface area contributed by atoms with Gasteiger partial charge in [0, 0.05) is 44.8 Å². The van der Waals surface area contributed by atoms with E-state index in [2.05, 4.69) is 0 Å². The predicted octanol–water partition coefficient (Wildman–Crippen LogP) is 0.700. The van der Waals surface area contributed by atoms with E-state index < -0.39 is 10.2 Å². The Labute approximate surface area is 148 Å². The van der Waals surface area contributed by atoms with Crippen LogP contribution in [0.3, 0.4) is 0 Å². The van der Waals surface area contributed by atoms with Gasteiger partial charge in [-0.2, -0.15) is 17.0 Å². The Morgan fingerprint density at radius 3 is 2.20 bits per heavy atom. The minimum absolute atomic E-state index is 0.122. The third-order valence-corrected chi connectivity index (χ3v) is 6.59. The highest BCUT2D eigenvalue weighted by Gasteiger charge is 2.37. The first-order valence-electron chi connectivity index (χ1n) is 8.53. The molecular weight excluding hydrogens is 346 g/mol. The fourth-order valence-electron chi connectivity index (χ4n) is 3.34. The predicted molar refractivity (Wildman–Crippen MR) is 91.4 cm³/mol.